The predicted octanol–water partition coefficient (Wildman–Crippen LogP) is 5.93. The Hall–Kier alpha value is -2.61. The van der Waals surface area contributed by atoms with Crippen molar-refractivity contribution in [3.05, 3.63) is 59.0 Å². The number of unbranched alkanes of at least 4 members (excludes halogenated alkanes) is 2. The quantitative estimate of drug-likeness (QED) is 0.475. The molecule has 1 aliphatic rings. The van der Waals surface area contributed by atoms with Gasteiger partial charge in [-0.2, -0.15) is 5.10 Å². The van der Waals surface area contributed by atoms with Crippen molar-refractivity contribution in [3.8, 4) is 0 Å². The van der Waals surface area contributed by atoms with Gasteiger partial charge in [-0.1, -0.05) is 58.2 Å². The number of hydrogen-bond donors (Lipinski definition) is 1. The van der Waals surface area contributed by atoms with Gasteiger partial charge in [-0.25, -0.2) is 4.39 Å². The fraction of sp³-hybridized carbons (Fsp3) is 0.500. The van der Waals surface area contributed by atoms with Gasteiger partial charge in [-0.3, -0.25) is 19.2 Å². The van der Waals surface area contributed by atoms with Gasteiger partial charge in [0.15, 0.2) is 0 Å². The number of fused-ring (bicyclic) bond motifs is 1. The first kappa shape index (κ1) is 27.6. The van der Waals surface area contributed by atoms with Gasteiger partial charge < -0.3 is 5.32 Å². The van der Waals surface area contributed by atoms with Crippen LogP contribution in [0.2, 0.25) is 0 Å². The lowest BCUT2D eigenvalue weighted by atomic mass is 9.94. The van der Waals surface area contributed by atoms with Gasteiger partial charge in [0.2, 0.25) is 5.91 Å². The number of aromatic nitrogens is 2. The van der Waals surface area contributed by atoms with E-state index in [0.29, 0.717) is 18.0 Å². The molecule has 0 aliphatic carbocycles. The Morgan fingerprint density at radius 3 is 2.53 bits per heavy atom. The second kappa shape index (κ2) is 13.3. The molecule has 0 saturated heterocycles. The third-order valence-electron chi connectivity index (χ3n) is 5.49. The average molecular weight is 489 g/mol. The van der Waals surface area contributed by atoms with E-state index in [-0.39, 0.29) is 18.1 Å². The number of para-hydroxylation sites is 1. The number of nitrogens with one attached hydrogen (secondary N) is 1. The van der Waals surface area contributed by atoms with Crippen LogP contribution in [0.4, 0.5) is 10.1 Å². The van der Waals surface area contributed by atoms with Crippen molar-refractivity contribution in [1.82, 2.24) is 15.1 Å². The summed E-state index contributed by atoms with van der Waals surface area (Å²) in [5, 5.41) is 9.33. The van der Waals surface area contributed by atoms with Crippen LogP contribution in [0.25, 0.3) is 0 Å². The van der Waals surface area contributed by atoms with E-state index < -0.39 is 17.3 Å². The van der Waals surface area contributed by atoms with Crippen LogP contribution in [0.1, 0.15) is 76.5 Å². The van der Waals surface area contributed by atoms with E-state index in [4.69, 9.17) is 0 Å². The maximum Gasteiger partial charge on any atom is 0.277 e. The van der Waals surface area contributed by atoms with Crippen LogP contribution >= 0.6 is 11.8 Å². The van der Waals surface area contributed by atoms with Crippen LogP contribution < -0.4 is 10.2 Å². The fourth-order valence-electron chi connectivity index (χ4n) is 3.73. The number of carbonyl (C=O) groups is 2. The van der Waals surface area contributed by atoms with Crippen molar-refractivity contribution in [2.45, 2.75) is 78.1 Å². The number of nitrogens with zero attached hydrogens (tertiary/aromatic N) is 3. The number of anilines is 1. The second-order valence-corrected chi connectivity index (χ2v) is 9.33. The number of amides is 2. The van der Waals surface area contributed by atoms with E-state index in [2.05, 4.69) is 24.3 Å². The maximum atomic E-state index is 14.6. The van der Waals surface area contributed by atoms with Gasteiger partial charge >= 0.3 is 0 Å². The van der Waals surface area contributed by atoms with E-state index in [0.717, 1.165) is 12.1 Å². The molecule has 1 unspecified atom stereocenters. The molecule has 6 nitrogen and oxygen atoms in total. The van der Waals surface area contributed by atoms with Crippen LogP contribution in [0, 0.1) is 5.82 Å². The Morgan fingerprint density at radius 2 is 1.94 bits per heavy atom. The topological polar surface area (TPSA) is 67.2 Å². The number of carbonyl (C=O) groups excluding carboxylic acids is 2. The van der Waals surface area contributed by atoms with Crippen molar-refractivity contribution in [3.63, 3.8) is 0 Å². The van der Waals surface area contributed by atoms with Gasteiger partial charge in [0.1, 0.15) is 17.1 Å². The van der Waals surface area contributed by atoms with Crippen LogP contribution in [0.15, 0.2) is 41.8 Å². The Kier molecular flexibility index (Phi) is 10.8. The molecule has 2 amide bonds. The standard InChI is InChI=1S/C21H25FN4O2S.C5H12/c1-4-10-23-20(28)21(3)14-25-18(12-15(24-25)13-29-11-5-2)19(27)26(21)17-9-7-6-8-16(17)22;1-3-5-4-2/h5-9,11-12H,4,10,13-14H2,1-3H3,(H,23,28);3-5H2,1-2H3/b11-5-;. The minimum atomic E-state index is -1.30. The molecule has 0 radical (unpaired) electrons. The molecule has 0 saturated carbocycles. The number of thioether (sulfide) groups is 1. The van der Waals surface area contributed by atoms with Crippen LogP contribution in [-0.2, 0) is 17.1 Å². The first-order valence-corrected chi connectivity index (χ1v) is 13.1. The lowest BCUT2D eigenvalue weighted by molar-refractivity contribution is -0.126. The van der Waals surface area contributed by atoms with E-state index in [1.165, 1.54) is 36.3 Å². The summed E-state index contributed by atoms with van der Waals surface area (Å²) in [6.45, 7) is 10.6. The van der Waals surface area contributed by atoms with Gasteiger partial charge in [-0.05, 0) is 43.9 Å². The van der Waals surface area contributed by atoms with Crippen molar-refractivity contribution < 1.29 is 14.0 Å². The zero-order chi connectivity index (χ0) is 25.1. The Balaban J connectivity index is 0.000000739. The summed E-state index contributed by atoms with van der Waals surface area (Å²) in [5.41, 5.74) is -0.126. The third kappa shape index (κ3) is 6.50. The molecule has 34 heavy (non-hydrogen) atoms. The number of benzene rings is 1. The zero-order valence-electron chi connectivity index (χ0n) is 20.9. The minimum Gasteiger partial charge on any atom is -0.354 e. The SMILES string of the molecule is C/C=C\SCc1cc2n(n1)CC(C)(C(=O)NCCC)N(c1ccccc1F)C2=O.CCCCC. The van der Waals surface area contributed by atoms with Crippen molar-refractivity contribution in [1.29, 1.82) is 0 Å². The van der Waals surface area contributed by atoms with Crippen LogP contribution in [0.5, 0.6) is 0 Å². The average Bonchev–Trinajstić information content (AvgIpc) is 3.22. The molecule has 0 spiro atoms. The molecule has 1 aliphatic heterocycles. The molecular weight excluding hydrogens is 451 g/mol. The van der Waals surface area contributed by atoms with Crippen LogP contribution in [-0.4, -0.2) is 33.7 Å². The number of allylic oxidation sites excluding steroid dienone is 1. The van der Waals surface area contributed by atoms with Gasteiger partial charge in [-0.15, -0.1) is 11.8 Å². The highest BCUT2D eigenvalue weighted by Gasteiger charge is 2.49. The fourth-order valence-corrected chi connectivity index (χ4v) is 4.33. The van der Waals surface area contributed by atoms with Gasteiger partial charge in [0.05, 0.1) is 17.9 Å². The highest BCUT2D eigenvalue weighted by atomic mass is 32.2. The highest BCUT2D eigenvalue weighted by molar-refractivity contribution is 8.01. The smallest absolute Gasteiger partial charge is 0.277 e. The largest absolute Gasteiger partial charge is 0.354 e. The Bertz CT molecular complexity index is 989. The Labute approximate surface area is 207 Å². The normalized spacial score (nSPS) is 17.4. The molecule has 1 N–H and O–H groups in total. The third-order valence-corrected chi connectivity index (χ3v) is 6.42. The van der Waals surface area contributed by atoms with Gasteiger partial charge in [0, 0.05) is 12.3 Å². The van der Waals surface area contributed by atoms with E-state index >= 15 is 0 Å². The summed E-state index contributed by atoms with van der Waals surface area (Å²) in [7, 11) is 0. The second-order valence-electron chi connectivity index (χ2n) is 8.43. The Morgan fingerprint density at radius 1 is 1.24 bits per heavy atom. The number of halogens is 1. The summed E-state index contributed by atoms with van der Waals surface area (Å²) >= 11 is 1.57. The maximum absolute atomic E-state index is 14.6. The molecule has 186 valence electrons. The molecule has 1 aromatic carbocycles. The van der Waals surface area contributed by atoms with Crippen LogP contribution in [0.3, 0.4) is 0 Å². The molecule has 0 bridgehead atoms. The number of hydrogen-bond acceptors (Lipinski definition) is 4. The molecular formula is C26H37FN4O2S. The van der Waals surface area contributed by atoms with Crippen molar-refractivity contribution in [2.24, 2.45) is 0 Å². The zero-order valence-corrected chi connectivity index (χ0v) is 21.8. The van der Waals surface area contributed by atoms with Crippen molar-refractivity contribution >= 4 is 29.3 Å². The molecule has 8 heteroatoms. The molecule has 3 rings (SSSR count). The lowest BCUT2D eigenvalue weighted by Crippen LogP contribution is -2.64. The van der Waals surface area contributed by atoms with E-state index in [9.17, 15) is 14.0 Å². The monoisotopic (exact) mass is 488 g/mol. The molecule has 1 atom stereocenters. The molecule has 0 fully saturated rings. The number of rotatable bonds is 9. The van der Waals surface area contributed by atoms with Gasteiger partial charge in [0.25, 0.3) is 5.91 Å². The highest BCUT2D eigenvalue weighted by Crippen LogP contribution is 2.34. The summed E-state index contributed by atoms with van der Waals surface area (Å²) in [6, 6.07) is 7.74. The first-order chi connectivity index (χ1) is 16.3. The van der Waals surface area contributed by atoms with E-state index in [1.807, 2.05) is 25.3 Å². The minimum absolute atomic E-state index is 0.0870. The summed E-state index contributed by atoms with van der Waals surface area (Å²) < 4.78 is 16.2. The first-order valence-electron chi connectivity index (χ1n) is 12.0. The molecule has 1 aromatic heterocycles. The molecule has 2 heterocycles. The summed E-state index contributed by atoms with van der Waals surface area (Å²) in [4.78, 5) is 27.7. The molecule has 2 aromatic rings. The predicted molar refractivity (Wildman–Crippen MR) is 138 cm³/mol. The van der Waals surface area contributed by atoms with Crippen molar-refractivity contribution in [2.75, 3.05) is 11.4 Å². The summed E-state index contributed by atoms with van der Waals surface area (Å²) in [6.07, 6.45) is 6.77. The summed E-state index contributed by atoms with van der Waals surface area (Å²) in [5.74, 6) is -0.713. The lowest BCUT2D eigenvalue weighted by Gasteiger charge is -2.43. The van der Waals surface area contributed by atoms with E-state index in [1.54, 1.807) is 41.6 Å².